The van der Waals surface area contributed by atoms with Crippen LogP contribution in [0.4, 0.5) is 8.78 Å². The van der Waals surface area contributed by atoms with Crippen LogP contribution in [0.25, 0.3) is 0 Å². The van der Waals surface area contributed by atoms with Gasteiger partial charge in [-0.05, 0) is 22.0 Å². The van der Waals surface area contributed by atoms with Crippen molar-refractivity contribution in [2.45, 2.75) is 6.61 Å². The molecule has 0 bridgehead atoms. The standard InChI is InChI=1S/C6H3BrClF2NO/c7-4-1-3(8)2-11-5(4)12-6(9)10/h1-2,6H. The average molecular weight is 258 g/mol. The van der Waals surface area contributed by atoms with Crippen molar-refractivity contribution in [1.82, 2.24) is 4.98 Å². The molecule has 0 saturated carbocycles. The van der Waals surface area contributed by atoms with E-state index in [1.54, 1.807) is 0 Å². The summed E-state index contributed by atoms with van der Waals surface area (Å²) in [6.45, 7) is -2.88. The smallest absolute Gasteiger partial charge is 0.388 e. The second-order valence-corrected chi connectivity index (χ2v) is 3.11. The number of hydrogen-bond acceptors (Lipinski definition) is 2. The molecule has 0 fully saturated rings. The highest BCUT2D eigenvalue weighted by atomic mass is 79.9. The maximum Gasteiger partial charge on any atom is 0.388 e. The number of ether oxygens (including phenoxy) is 1. The molecule has 0 aliphatic carbocycles. The quantitative estimate of drug-likeness (QED) is 0.813. The fourth-order valence-electron chi connectivity index (χ4n) is 0.573. The number of aromatic nitrogens is 1. The summed E-state index contributed by atoms with van der Waals surface area (Å²) < 4.78 is 27.7. The topological polar surface area (TPSA) is 22.1 Å². The van der Waals surface area contributed by atoms with Crippen molar-refractivity contribution in [1.29, 1.82) is 0 Å². The predicted octanol–water partition coefficient (Wildman–Crippen LogP) is 3.10. The molecule has 0 atom stereocenters. The van der Waals surface area contributed by atoms with Crippen molar-refractivity contribution in [3.8, 4) is 5.88 Å². The van der Waals surface area contributed by atoms with Crippen molar-refractivity contribution >= 4 is 27.5 Å². The summed E-state index contributed by atoms with van der Waals surface area (Å²) in [7, 11) is 0. The van der Waals surface area contributed by atoms with Crippen molar-refractivity contribution in [3.63, 3.8) is 0 Å². The molecule has 1 heterocycles. The minimum atomic E-state index is -2.88. The molecular weight excluding hydrogens is 255 g/mol. The zero-order valence-electron chi connectivity index (χ0n) is 5.60. The van der Waals surface area contributed by atoms with Crippen LogP contribution in [0.1, 0.15) is 0 Å². The van der Waals surface area contributed by atoms with Crippen LogP contribution in [0.5, 0.6) is 5.88 Å². The van der Waals surface area contributed by atoms with Gasteiger partial charge in [0.25, 0.3) is 0 Å². The Labute approximate surface area is 80.6 Å². The molecule has 0 spiro atoms. The van der Waals surface area contributed by atoms with Gasteiger partial charge in [0, 0.05) is 6.20 Å². The SMILES string of the molecule is FC(F)Oc1ncc(Cl)cc1Br. The minimum Gasteiger partial charge on any atom is -0.416 e. The molecule has 66 valence electrons. The third-order valence-corrected chi connectivity index (χ3v) is 1.75. The van der Waals surface area contributed by atoms with Crippen LogP contribution < -0.4 is 4.74 Å². The van der Waals surface area contributed by atoms with Crippen LogP contribution in [0, 0.1) is 0 Å². The van der Waals surface area contributed by atoms with E-state index in [0.717, 1.165) is 0 Å². The summed E-state index contributed by atoms with van der Waals surface area (Å²) >= 11 is 8.49. The molecule has 0 radical (unpaired) electrons. The van der Waals surface area contributed by atoms with E-state index in [9.17, 15) is 8.78 Å². The number of hydrogen-bond donors (Lipinski definition) is 0. The first-order valence-electron chi connectivity index (χ1n) is 2.85. The van der Waals surface area contributed by atoms with Crippen LogP contribution in [0.2, 0.25) is 5.02 Å². The fourth-order valence-corrected chi connectivity index (χ4v) is 1.31. The van der Waals surface area contributed by atoms with Gasteiger partial charge in [-0.2, -0.15) is 8.78 Å². The Morgan fingerprint density at radius 2 is 2.25 bits per heavy atom. The molecule has 0 N–H and O–H groups in total. The lowest BCUT2D eigenvalue weighted by molar-refractivity contribution is -0.0533. The van der Waals surface area contributed by atoms with Gasteiger partial charge in [-0.25, -0.2) is 4.98 Å². The van der Waals surface area contributed by atoms with Gasteiger partial charge < -0.3 is 4.74 Å². The van der Waals surface area contributed by atoms with Crippen molar-refractivity contribution in [2.24, 2.45) is 0 Å². The maximum absolute atomic E-state index is 11.7. The molecule has 1 aromatic rings. The molecule has 12 heavy (non-hydrogen) atoms. The number of halogens is 4. The molecule has 0 saturated heterocycles. The fraction of sp³-hybridized carbons (Fsp3) is 0.167. The summed E-state index contributed by atoms with van der Waals surface area (Å²) in [6.07, 6.45) is 1.23. The lowest BCUT2D eigenvalue weighted by Gasteiger charge is -2.04. The van der Waals surface area contributed by atoms with Crippen LogP contribution >= 0.6 is 27.5 Å². The van der Waals surface area contributed by atoms with E-state index in [1.807, 2.05) is 0 Å². The molecular formula is C6H3BrClF2NO. The van der Waals surface area contributed by atoms with Gasteiger partial charge in [-0.15, -0.1) is 0 Å². The number of rotatable bonds is 2. The maximum atomic E-state index is 11.7. The Morgan fingerprint density at radius 1 is 1.58 bits per heavy atom. The van der Waals surface area contributed by atoms with Crippen LogP contribution in [-0.2, 0) is 0 Å². The summed E-state index contributed by atoms with van der Waals surface area (Å²) in [5.41, 5.74) is 0. The Hall–Kier alpha value is -0.420. The molecule has 0 amide bonds. The summed E-state index contributed by atoms with van der Waals surface area (Å²) in [5.74, 6) is -0.172. The molecule has 1 aromatic heterocycles. The molecule has 0 aliphatic rings. The average Bonchev–Trinajstić information content (AvgIpc) is 1.94. The molecule has 1 rings (SSSR count). The second-order valence-electron chi connectivity index (χ2n) is 1.82. The number of alkyl halides is 2. The Balaban J connectivity index is 2.86. The number of pyridine rings is 1. The Bertz CT molecular complexity index is 284. The third-order valence-electron chi connectivity index (χ3n) is 0.975. The normalized spacial score (nSPS) is 10.4. The van der Waals surface area contributed by atoms with E-state index >= 15 is 0 Å². The molecule has 2 nitrogen and oxygen atoms in total. The van der Waals surface area contributed by atoms with Gasteiger partial charge in [0.1, 0.15) is 0 Å². The summed E-state index contributed by atoms with van der Waals surface area (Å²) in [4.78, 5) is 3.54. The van der Waals surface area contributed by atoms with E-state index in [1.165, 1.54) is 12.3 Å². The zero-order valence-corrected chi connectivity index (χ0v) is 7.94. The predicted molar refractivity (Wildman–Crippen MR) is 43.6 cm³/mol. The molecule has 6 heteroatoms. The highest BCUT2D eigenvalue weighted by Crippen LogP contribution is 2.26. The second kappa shape index (κ2) is 4.00. The highest BCUT2D eigenvalue weighted by Gasteiger charge is 2.09. The van der Waals surface area contributed by atoms with Gasteiger partial charge in [-0.3, -0.25) is 0 Å². The first-order chi connectivity index (χ1) is 5.59. The monoisotopic (exact) mass is 257 g/mol. The van der Waals surface area contributed by atoms with Gasteiger partial charge in [-0.1, -0.05) is 11.6 Å². The van der Waals surface area contributed by atoms with E-state index in [-0.39, 0.29) is 5.88 Å². The minimum absolute atomic E-state index is 0.172. The molecule has 0 unspecified atom stereocenters. The van der Waals surface area contributed by atoms with Crippen LogP contribution in [0.3, 0.4) is 0 Å². The van der Waals surface area contributed by atoms with Crippen LogP contribution in [0.15, 0.2) is 16.7 Å². The van der Waals surface area contributed by atoms with Gasteiger partial charge in [0.2, 0.25) is 5.88 Å². The van der Waals surface area contributed by atoms with E-state index < -0.39 is 6.61 Å². The van der Waals surface area contributed by atoms with E-state index in [2.05, 4.69) is 25.7 Å². The first-order valence-corrected chi connectivity index (χ1v) is 4.02. The van der Waals surface area contributed by atoms with E-state index in [4.69, 9.17) is 11.6 Å². The third kappa shape index (κ3) is 2.57. The lowest BCUT2D eigenvalue weighted by atomic mass is 10.5. The zero-order chi connectivity index (χ0) is 9.14. The summed E-state index contributed by atoms with van der Waals surface area (Å²) in [5, 5.41) is 0.350. The number of nitrogens with zero attached hydrogens (tertiary/aromatic N) is 1. The van der Waals surface area contributed by atoms with Crippen molar-refractivity contribution in [2.75, 3.05) is 0 Å². The van der Waals surface area contributed by atoms with E-state index in [0.29, 0.717) is 9.50 Å². The largest absolute Gasteiger partial charge is 0.416 e. The first kappa shape index (κ1) is 9.67. The van der Waals surface area contributed by atoms with Crippen LogP contribution in [-0.4, -0.2) is 11.6 Å². The Morgan fingerprint density at radius 3 is 2.75 bits per heavy atom. The highest BCUT2D eigenvalue weighted by molar-refractivity contribution is 9.10. The van der Waals surface area contributed by atoms with Gasteiger partial charge in [0.15, 0.2) is 0 Å². The molecule has 0 aromatic carbocycles. The van der Waals surface area contributed by atoms with Gasteiger partial charge >= 0.3 is 6.61 Å². The summed E-state index contributed by atoms with van der Waals surface area (Å²) in [6, 6.07) is 1.42. The Kier molecular flexibility index (Phi) is 3.22. The van der Waals surface area contributed by atoms with Gasteiger partial charge in [0.05, 0.1) is 9.50 Å². The lowest BCUT2D eigenvalue weighted by Crippen LogP contribution is -2.03. The molecule has 0 aliphatic heterocycles. The van der Waals surface area contributed by atoms with Crippen molar-refractivity contribution in [3.05, 3.63) is 21.8 Å². The van der Waals surface area contributed by atoms with Crippen molar-refractivity contribution < 1.29 is 13.5 Å².